The maximum Gasteiger partial charge on any atom is 0.222 e. The summed E-state index contributed by atoms with van der Waals surface area (Å²) >= 11 is 0. The molecule has 128 valence electrons. The number of carbonyl (C=O) groups excluding carboxylic acids is 2. The number of amides is 1. The van der Waals surface area contributed by atoms with Crippen LogP contribution in [0.15, 0.2) is 18.3 Å². The van der Waals surface area contributed by atoms with Crippen LogP contribution in [0.25, 0.3) is 0 Å². The molecule has 24 heavy (non-hydrogen) atoms. The van der Waals surface area contributed by atoms with Gasteiger partial charge in [-0.15, -0.1) is 0 Å². The Hall–Kier alpha value is -1.91. The molecule has 3 heterocycles. The topological polar surface area (TPSA) is 53.5 Å². The van der Waals surface area contributed by atoms with E-state index in [-0.39, 0.29) is 5.78 Å². The molecule has 0 radical (unpaired) electrons. The summed E-state index contributed by atoms with van der Waals surface area (Å²) in [4.78, 5) is 32.5. The van der Waals surface area contributed by atoms with E-state index in [0.717, 1.165) is 51.1 Å². The minimum absolute atomic E-state index is 0.0543. The monoisotopic (exact) mass is 327 g/mol. The van der Waals surface area contributed by atoms with E-state index in [1.54, 1.807) is 13.1 Å². The first-order chi connectivity index (χ1) is 11.6. The van der Waals surface area contributed by atoms with Gasteiger partial charge in [0.1, 0.15) is 5.82 Å². The zero-order valence-electron chi connectivity index (χ0n) is 14.3. The minimum atomic E-state index is 0.0543. The first-order valence-corrected chi connectivity index (χ1v) is 9.08. The summed E-state index contributed by atoms with van der Waals surface area (Å²) in [6.07, 6.45) is 8.08. The Labute approximate surface area is 143 Å². The van der Waals surface area contributed by atoms with E-state index >= 15 is 0 Å². The Balaban J connectivity index is 1.41. The van der Waals surface area contributed by atoms with Gasteiger partial charge in [0.05, 0.1) is 0 Å². The number of nitrogens with zero attached hydrogens (tertiary/aromatic N) is 3. The fourth-order valence-corrected chi connectivity index (χ4v) is 4.16. The number of piperidine rings is 2. The predicted molar refractivity (Wildman–Crippen MR) is 92.1 cm³/mol. The quantitative estimate of drug-likeness (QED) is 0.801. The first kappa shape index (κ1) is 15.6. The summed E-state index contributed by atoms with van der Waals surface area (Å²) < 4.78 is 0. The van der Waals surface area contributed by atoms with Gasteiger partial charge in [0, 0.05) is 43.9 Å². The summed E-state index contributed by atoms with van der Waals surface area (Å²) in [5.74, 6) is 1.38. The van der Waals surface area contributed by atoms with Gasteiger partial charge in [-0.05, 0) is 56.6 Å². The van der Waals surface area contributed by atoms with Crippen molar-refractivity contribution in [3.05, 3.63) is 23.9 Å². The molecule has 1 spiro atoms. The van der Waals surface area contributed by atoms with Crippen LogP contribution in [-0.4, -0.2) is 47.3 Å². The summed E-state index contributed by atoms with van der Waals surface area (Å²) in [6, 6.07) is 4.35. The molecule has 0 N–H and O–H groups in total. The third kappa shape index (κ3) is 2.92. The number of pyridine rings is 1. The summed E-state index contributed by atoms with van der Waals surface area (Å²) in [5, 5.41) is 0. The molecule has 4 rings (SSSR count). The normalized spacial score (nSPS) is 23.6. The van der Waals surface area contributed by atoms with Crippen LogP contribution in [0.5, 0.6) is 0 Å². The average Bonchev–Trinajstić information content (AvgIpc) is 3.43. The van der Waals surface area contributed by atoms with Gasteiger partial charge in [-0.3, -0.25) is 9.59 Å². The van der Waals surface area contributed by atoms with Gasteiger partial charge in [0.25, 0.3) is 0 Å². The molecule has 1 saturated carbocycles. The number of hydrogen-bond acceptors (Lipinski definition) is 4. The van der Waals surface area contributed by atoms with Crippen LogP contribution in [0.3, 0.4) is 0 Å². The van der Waals surface area contributed by atoms with Crippen LogP contribution in [-0.2, 0) is 4.79 Å². The van der Waals surface area contributed by atoms with Crippen molar-refractivity contribution in [3.8, 4) is 0 Å². The molecule has 1 amide bonds. The number of aromatic nitrogens is 1. The van der Waals surface area contributed by atoms with E-state index in [0.29, 0.717) is 22.9 Å². The Morgan fingerprint density at radius 3 is 2.54 bits per heavy atom. The smallest absolute Gasteiger partial charge is 0.222 e. The molecule has 0 atom stereocenters. The van der Waals surface area contributed by atoms with E-state index < -0.39 is 0 Å². The Morgan fingerprint density at radius 1 is 1.21 bits per heavy atom. The molecule has 0 aromatic carbocycles. The summed E-state index contributed by atoms with van der Waals surface area (Å²) in [6.45, 7) is 4.50. The number of likely N-dealkylation sites (tertiary alicyclic amines) is 1. The number of Topliss-reactive ketones (excluding diaryl/α,β-unsaturated/α-hetero) is 1. The molecule has 1 aliphatic carbocycles. The van der Waals surface area contributed by atoms with Crippen molar-refractivity contribution in [2.75, 3.05) is 24.5 Å². The lowest BCUT2D eigenvalue weighted by Gasteiger charge is -2.48. The predicted octanol–water partition coefficient (Wildman–Crippen LogP) is 2.66. The molecule has 3 aliphatic rings. The van der Waals surface area contributed by atoms with Gasteiger partial charge >= 0.3 is 0 Å². The molecule has 1 aromatic rings. The van der Waals surface area contributed by atoms with E-state index in [4.69, 9.17) is 0 Å². The lowest BCUT2D eigenvalue weighted by Crippen LogP contribution is -2.52. The van der Waals surface area contributed by atoms with Crippen LogP contribution >= 0.6 is 0 Å². The molecule has 2 saturated heterocycles. The second-order valence-electron chi connectivity index (χ2n) is 7.70. The fraction of sp³-hybridized carbons (Fsp3) is 0.632. The second-order valence-corrected chi connectivity index (χ2v) is 7.70. The molecular formula is C19H25N3O2. The second kappa shape index (κ2) is 5.87. The number of carbonyl (C=O) groups is 2. The molecule has 5 nitrogen and oxygen atoms in total. The van der Waals surface area contributed by atoms with Crippen LogP contribution < -0.4 is 4.90 Å². The lowest BCUT2D eigenvalue weighted by molar-refractivity contribution is -0.139. The zero-order valence-corrected chi connectivity index (χ0v) is 14.3. The van der Waals surface area contributed by atoms with Gasteiger partial charge in [0.15, 0.2) is 5.78 Å². The van der Waals surface area contributed by atoms with Crippen molar-refractivity contribution in [2.24, 2.45) is 5.41 Å². The van der Waals surface area contributed by atoms with Crippen molar-refractivity contribution in [1.82, 2.24) is 9.88 Å². The average molecular weight is 327 g/mol. The highest BCUT2D eigenvalue weighted by Gasteiger charge is 2.45. The largest absolute Gasteiger partial charge is 0.357 e. The highest BCUT2D eigenvalue weighted by atomic mass is 16.2. The molecule has 0 unspecified atom stereocenters. The van der Waals surface area contributed by atoms with Crippen LogP contribution in [0, 0.1) is 5.41 Å². The van der Waals surface area contributed by atoms with Crippen LogP contribution in [0.2, 0.25) is 0 Å². The molecular weight excluding hydrogens is 302 g/mol. The number of rotatable bonds is 3. The molecule has 3 fully saturated rings. The SMILES string of the molecule is CC(=O)c1ccc(N2CCC3(CCC(=O)N(C4CC4)C3)CC2)nc1. The number of hydrogen-bond donors (Lipinski definition) is 0. The van der Waals surface area contributed by atoms with Gasteiger partial charge in [-0.2, -0.15) is 0 Å². The number of anilines is 1. The standard InChI is InChI=1S/C19H25N3O2/c1-14(23)15-2-5-17(20-12-15)21-10-8-19(9-11-21)7-6-18(24)22(13-19)16-3-4-16/h2,5,12,16H,3-4,6-11,13H2,1H3. The van der Waals surface area contributed by atoms with E-state index in [1.807, 2.05) is 12.1 Å². The van der Waals surface area contributed by atoms with E-state index in [2.05, 4.69) is 14.8 Å². The van der Waals surface area contributed by atoms with Gasteiger partial charge in [0.2, 0.25) is 5.91 Å². The maximum atomic E-state index is 12.2. The molecule has 2 aliphatic heterocycles. The van der Waals surface area contributed by atoms with Gasteiger partial charge in [-0.1, -0.05) is 0 Å². The van der Waals surface area contributed by atoms with E-state index in [1.165, 1.54) is 12.8 Å². The van der Waals surface area contributed by atoms with Crippen molar-refractivity contribution >= 4 is 17.5 Å². The Morgan fingerprint density at radius 2 is 1.96 bits per heavy atom. The van der Waals surface area contributed by atoms with Crippen molar-refractivity contribution in [1.29, 1.82) is 0 Å². The highest BCUT2D eigenvalue weighted by molar-refractivity contribution is 5.93. The van der Waals surface area contributed by atoms with E-state index in [9.17, 15) is 9.59 Å². The first-order valence-electron chi connectivity index (χ1n) is 9.08. The summed E-state index contributed by atoms with van der Waals surface area (Å²) in [7, 11) is 0. The van der Waals surface area contributed by atoms with Crippen LogP contribution in [0.4, 0.5) is 5.82 Å². The van der Waals surface area contributed by atoms with Gasteiger partial charge < -0.3 is 9.80 Å². The van der Waals surface area contributed by atoms with Crippen molar-refractivity contribution in [3.63, 3.8) is 0 Å². The van der Waals surface area contributed by atoms with Gasteiger partial charge in [-0.25, -0.2) is 4.98 Å². The summed E-state index contributed by atoms with van der Waals surface area (Å²) in [5.41, 5.74) is 0.977. The molecule has 1 aromatic heterocycles. The zero-order chi connectivity index (χ0) is 16.7. The lowest BCUT2D eigenvalue weighted by atomic mass is 9.72. The Kier molecular flexibility index (Phi) is 3.82. The van der Waals surface area contributed by atoms with Crippen LogP contribution in [0.1, 0.15) is 55.8 Å². The minimum Gasteiger partial charge on any atom is -0.357 e. The fourth-order valence-electron chi connectivity index (χ4n) is 4.16. The highest BCUT2D eigenvalue weighted by Crippen LogP contribution is 2.43. The molecule has 5 heteroatoms. The number of ketones is 1. The third-order valence-electron chi connectivity index (χ3n) is 5.99. The third-order valence-corrected chi connectivity index (χ3v) is 5.99. The maximum absolute atomic E-state index is 12.2. The van der Waals surface area contributed by atoms with Crippen molar-refractivity contribution < 1.29 is 9.59 Å². The Bertz CT molecular complexity index is 643. The van der Waals surface area contributed by atoms with Crippen molar-refractivity contribution in [2.45, 2.75) is 51.5 Å². The molecule has 0 bridgehead atoms.